The molecule has 2 rings (SSSR count). The quantitative estimate of drug-likeness (QED) is 0.783. The lowest BCUT2D eigenvalue weighted by Crippen LogP contribution is -2.36. The van der Waals surface area contributed by atoms with Crippen LogP contribution in [0.5, 0.6) is 0 Å². The highest BCUT2D eigenvalue weighted by atomic mass is 16.2. The molecule has 1 fully saturated rings. The van der Waals surface area contributed by atoms with Crippen molar-refractivity contribution >= 4 is 5.91 Å². The standard InChI is InChI=1S/C14H24N4O/c1-12-10-13(2)18(16-12)9-5-6-15-11-14(19)17-7-3-4-8-17/h10,15H,3-9,11H2,1-2H3. The number of likely N-dealkylation sites (tertiary alicyclic amines) is 1. The van der Waals surface area contributed by atoms with Crippen molar-refractivity contribution < 1.29 is 4.79 Å². The third-order valence-electron chi connectivity index (χ3n) is 3.56. The van der Waals surface area contributed by atoms with E-state index in [0.717, 1.165) is 51.1 Å². The smallest absolute Gasteiger partial charge is 0.236 e. The molecule has 5 nitrogen and oxygen atoms in total. The summed E-state index contributed by atoms with van der Waals surface area (Å²) in [6.07, 6.45) is 3.31. The highest BCUT2D eigenvalue weighted by molar-refractivity contribution is 5.78. The largest absolute Gasteiger partial charge is 0.342 e. The van der Waals surface area contributed by atoms with Crippen LogP contribution in [0.3, 0.4) is 0 Å². The van der Waals surface area contributed by atoms with Crippen LogP contribution >= 0.6 is 0 Å². The maximum absolute atomic E-state index is 11.8. The Morgan fingerprint density at radius 2 is 2.11 bits per heavy atom. The van der Waals surface area contributed by atoms with Crippen molar-refractivity contribution in [3.8, 4) is 0 Å². The Morgan fingerprint density at radius 1 is 1.37 bits per heavy atom. The highest BCUT2D eigenvalue weighted by Gasteiger charge is 2.16. The fraction of sp³-hybridized carbons (Fsp3) is 0.714. The van der Waals surface area contributed by atoms with Crippen LogP contribution in [0.1, 0.15) is 30.7 Å². The summed E-state index contributed by atoms with van der Waals surface area (Å²) in [6.45, 7) is 8.19. The van der Waals surface area contributed by atoms with Crippen molar-refractivity contribution in [2.45, 2.75) is 39.7 Å². The van der Waals surface area contributed by atoms with E-state index in [0.29, 0.717) is 6.54 Å². The number of hydrogen-bond donors (Lipinski definition) is 1. The molecule has 106 valence electrons. The van der Waals surface area contributed by atoms with Crippen LogP contribution in [-0.2, 0) is 11.3 Å². The molecule has 1 aliphatic heterocycles. The van der Waals surface area contributed by atoms with E-state index < -0.39 is 0 Å². The van der Waals surface area contributed by atoms with Gasteiger partial charge in [-0.05, 0) is 45.7 Å². The monoisotopic (exact) mass is 264 g/mol. The molecule has 1 aliphatic rings. The molecule has 0 bridgehead atoms. The van der Waals surface area contributed by atoms with E-state index in [1.807, 2.05) is 16.5 Å². The molecule has 1 N–H and O–H groups in total. The van der Waals surface area contributed by atoms with Gasteiger partial charge in [-0.3, -0.25) is 9.48 Å². The third kappa shape index (κ3) is 4.06. The van der Waals surface area contributed by atoms with Gasteiger partial charge in [-0.25, -0.2) is 0 Å². The van der Waals surface area contributed by atoms with E-state index in [-0.39, 0.29) is 5.91 Å². The van der Waals surface area contributed by atoms with Crippen LogP contribution in [0.4, 0.5) is 0 Å². The minimum Gasteiger partial charge on any atom is -0.342 e. The molecule has 0 atom stereocenters. The molecule has 1 saturated heterocycles. The summed E-state index contributed by atoms with van der Waals surface area (Å²) in [5, 5.41) is 7.65. The number of aromatic nitrogens is 2. The summed E-state index contributed by atoms with van der Waals surface area (Å²) in [6, 6.07) is 2.09. The summed E-state index contributed by atoms with van der Waals surface area (Å²) in [7, 11) is 0. The first-order valence-corrected chi connectivity index (χ1v) is 7.16. The fourth-order valence-corrected chi connectivity index (χ4v) is 2.53. The van der Waals surface area contributed by atoms with Gasteiger partial charge in [-0.1, -0.05) is 0 Å². The SMILES string of the molecule is Cc1cc(C)n(CCCNCC(=O)N2CCCC2)n1. The number of aryl methyl sites for hydroxylation is 3. The molecule has 1 aromatic rings. The van der Waals surface area contributed by atoms with Crippen LogP contribution in [0, 0.1) is 13.8 Å². The predicted molar refractivity (Wildman–Crippen MR) is 75.0 cm³/mol. The molecular formula is C14H24N4O. The molecule has 5 heteroatoms. The van der Waals surface area contributed by atoms with Crippen LogP contribution < -0.4 is 5.32 Å². The first-order chi connectivity index (χ1) is 9.16. The van der Waals surface area contributed by atoms with Gasteiger partial charge < -0.3 is 10.2 Å². The van der Waals surface area contributed by atoms with E-state index >= 15 is 0 Å². The Labute approximate surface area is 115 Å². The summed E-state index contributed by atoms with van der Waals surface area (Å²) in [5.41, 5.74) is 2.26. The molecule has 1 amide bonds. The van der Waals surface area contributed by atoms with Crippen LogP contribution in [0.25, 0.3) is 0 Å². The first-order valence-electron chi connectivity index (χ1n) is 7.16. The van der Waals surface area contributed by atoms with Gasteiger partial charge in [0.2, 0.25) is 5.91 Å². The van der Waals surface area contributed by atoms with Gasteiger partial charge in [0.1, 0.15) is 0 Å². The second kappa shape index (κ2) is 6.70. The number of nitrogens with one attached hydrogen (secondary N) is 1. The van der Waals surface area contributed by atoms with Gasteiger partial charge in [0.25, 0.3) is 0 Å². The van der Waals surface area contributed by atoms with Crippen molar-refractivity contribution in [1.29, 1.82) is 0 Å². The summed E-state index contributed by atoms with van der Waals surface area (Å²) < 4.78 is 2.03. The molecule has 19 heavy (non-hydrogen) atoms. The zero-order chi connectivity index (χ0) is 13.7. The second-order valence-electron chi connectivity index (χ2n) is 5.27. The van der Waals surface area contributed by atoms with Gasteiger partial charge >= 0.3 is 0 Å². The second-order valence-corrected chi connectivity index (χ2v) is 5.27. The zero-order valence-corrected chi connectivity index (χ0v) is 12.0. The number of carbonyl (C=O) groups is 1. The maximum atomic E-state index is 11.8. The van der Waals surface area contributed by atoms with Crippen molar-refractivity contribution in [2.75, 3.05) is 26.2 Å². The number of rotatable bonds is 6. The van der Waals surface area contributed by atoms with E-state index in [4.69, 9.17) is 0 Å². The van der Waals surface area contributed by atoms with E-state index in [2.05, 4.69) is 23.4 Å². The lowest BCUT2D eigenvalue weighted by atomic mass is 10.3. The molecule has 2 heterocycles. The summed E-state index contributed by atoms with van der Waals surface area (Å²) in [4.78, 5) is 13.7. The molecule has 0 spiro atoms. The Hall–Kier alpha value is -1.36. The van der Waals surface area contributed by atoms with Crippen LogP contribution in [0.15, 0.2) is 6.07 Å². The van der Waals surface area contributed by atoms with E-state index in [1.165, 1.54) is 5.69 Å². The Balaban J connectivity index is 1.59. The third-order valence-corrected chi connectivity index (χ3v) is 3.56. The average Bonchev–Trinajstić information content (AvgIpc) is 2.99. The summed E-state index contributed by atoms with van der Waals surface area (Å²) >= 11 is 0. The molecular weight excluding hydrogens is 240 g/mol. The molecule has 0 radical (unpaired) electrons. The van der Waals surface area contributed by atoms with Crippen LogP contribution in [-0.4, -0.2) is 46.8 Å². The first kappa shape index (κ1) is 14.1. The Kier molecular flexibility index (Phi) is 4.96. The Morgan fingerprint density at radius 3 is 2.74 bits per heavy atom. The number of amides is 1. The van der Waals surface area contributed by atoms with Gasteiger partial charge in [-0.2, -0.15) is 5.10 Å². The minimum absolute atomic E-state index is 0.239. The van der Waals surface area contributed by atoms with E-state index in [1.54, 1.807) is 0 Å². The van der Waals surface area contributed by atoms with Gasteiger partial charge in [0.15, 0.2) is 0 Å². The molecule has 0 unspecified atom stereocenters. The van der Waals surface area contributed by atoms with E-state index in [9.17, 15) is 4.79 Å². The molecule has 1 aromatic heterocycles. The number of nitrogens with zero attached hydrogens (tertiary/aromatic N) is 3. The van der Waals surface area contributed by atoms with Crippen molar-refractivity contribution in [2.24, 2.45) is 0 Å². The van der Waals surface area contributed by atoms with Crippen molar-refractivity contribution in [3.63, 3.8) is 0 Å². The molecule has 0 aliphatic carbocycles. The maximum Gasteiger partial charge on any atom is 0.236 e. The van der Waals surface area contributed by atoms with Crippen molar-refractivity contribution in [1.82, 2.24) is 20.0 Å². The number of hydrogen-bond acceptors (Lipinski definition) is 3. The number of carbonyl (C=O) groups excluding carboxylic acids is 1. The zero-order valence-electron chi connectivity index (χ0n) is 12.0. The molecule has 0 saturated carbocycles. The highest BCUT2D eigenvalue weighted by Crippen LogP contribution is 2.06. The van der Waals surface area contributed by atoms with Crippen molar-refractivity contribution in [3.05, 3.63) is 17.5 Å². The lowest BCUT2D eigenvalue weighted by Gasteiger charge is -2.15. The Bertz CT molecular complexity index is 421. The van der Waals surface area contributed by atoms with Crippen LogP contribution in [0.2, 0.25) is 0 Å². The topological polar surface area (TPSA) is 50.2 Å². The van der Waals surface area contributed by atoms with Gasteiger partial charge in [0, 0.05) is 25.3 Å². The molecule has 0 aromatic carbocycles. The minimum atomic E-state index is 0.239. The van der Waals surface area contributed by atoms with Gasteiger partial charge in [-0.15, -0.1) is 0 Å². The average molecular weight is 264 g/mol. The lowest BCUT2D eigenvalue weighted by molar-refractivity contribution is -0.129. The summed E-state index contributed by atoms with van der Waals surface area (Å²) in [5.74, 6) is 0.239. The normalized spacial score (nSPS) is 15.2. The predicted octanol–water partition coefficient (Wildman–Crippen LogP) is 1.10. The fourth-order valence-electron chi connectivity index (χ4n) is 2.53. The van der Waals surface area contributed by atoms with Gasteiger partial charge in [0.05, 0.1) is 12.2 Å².